The van der Waals surface area contributed by atoms with Gasteiger partial charge < -0.3 is 64.9 Å². The molecule has 9 N–H and O–H groups in total. The minimum atomic E-state index is -1.67. The van der Waals surface area contributed by atoms with Gasteiger partial charge in [-0.3, -0.25) is 0 Å². The standard InChI is InChI=1S/C42H72O13/c1-21(2)10-9-14-42(8,55-37-35(51)33(49)31(47)25(54-37)20-52-36-34(50)32(48)30(46)24(19-43)53-36)22-11-16-41(7)29(22)23(44)18-27-39(5)15-13-28(45)38(3,4)26(39)12-17-40(27,41)6/h10,22-37,43-51H,9,11-20H2,1-8H3/t22-,23+,24+,25+,26-,27+,28-,29-,30+,31+,32-,33-,34+,35+,36+,37?,39-,40+,41+,42-/m0/s1. The lowest BCUT2D eigenvalue weighted by Crippen LogP contribution is -2.67. The Morgan fingerprint density at radius 1 is 0.727 bits per heavy atom. The lowest BCUT2D eigenvalue weighted by atomic mass is 9.35. The van der Waals surface area contributed by atoms with Gasteiger partial charge in [0.15, 0.2) is 12.6 Å². The van der Waals surface area contributed by atoms with Crippen LogP contribution in [-0.4, -0.2) is 138 Å². The third-order valence-corrected chi connectivity index (χ3v) is 16.7. The molecule has 1 unspecified atom stereocenters. The zero-order chi connectivity index (χ0) is 40.6. The molecule has 20 atom stereocenters. The summed E-state index contributed by atoms with van der Waals surface area (Å²) >= 11 is 0. The maximum Gasteiger partial charge on any atom is 0.187 e. The molecule has 0 bridgehead atoms. The molecule has 0 aromatic rings. The molecular weight excluding hydrogens is 712 g/mol. The lowest BCUT2D eigenvalue weighted by Gasteiger charge is -2.70. The molecule has 6 rings (SSSR count). The van der Waals surface area contributed by atoms with Gasteiger partial charge in [-0.15, -0.1) is 0 Å². The van der Waals surface area contributed by atoms with Crippen molar-refractivity contribution in [3.63, 3.8) is 0 Å². The van der Waals surface area contributed by atoms with Crippen LogP contribution in [0.3, 0.4) is 0 Å². The Hall–Kier alpha value is -0.780. The molecule has 0 radical (unpaired) electrons. The van der Waals surface area contributed by atoms with Crippen LogP contribution in [0.5, 0.6) is 0 Å². The van der Waals surface area contributed by atoms with E-state index in [2.05, 4.69) is 40.7 Å². The smallest absolute Gasteiger partial charge is 0.187 e. The van der Waals surface area contributed by atoms with Gasteiger partial charge in [-0.25, -0.2) is 0 Å². The van der Waals surface area contributed by atoms with E-state index < -0.39 is 86.3 Å². The van der Waals surface area contributed by atoms with Gasteiger partial charge >= 0.3 is 0 Å². The van der Waals surface area contributed by atoms with E-state index in [0.29, 0.717) is 25.2 Å². The Labute approximate surface area is 327 Å². The highest BCUT2D eigenvalue weighted by atomic mass is 16.7. The third kappa shape index (κ3) is 7.20. The van der Waals surface area contributed by atoms with Gasteiger partial charge in [-0.2, -0.15) is 0 Å². The highest BCUT2D eigenvalue weighted by Gasteiger charge is 2.71. The SMILES string of the molecule is CC(C)=CCC[C@](C)(OC1O[C@H](CO[C@@H]2O[C@H](CO)[C@@H](O)[C@H](O)[C@H]2O)[C@@H](O)[C@H](O)[C@H]1O)[C@H]1CC[C@]2(C)[C@@H]1[C@H](O)C[C@@H]1[C@@]3(C)CC[C@H](O)C(C)(C)[C@@H]3CC[C@]12C. The first-order chi connectivity index (χ1) is 25.6. The number of hydrogen-bond acceptors (Lipinski definition) is 13. The van der Waals surface area contributed by atoms with Gasteiger partial charge in [0, 0.05) is 0 Å². The summed E-state index contributed by atoms with van der Waals surface area (Å²) in [7, 11) is 0. The van der Waals surface area contributed by atoms with Crippen molar-refractivity contribution in [3.05, 3.63) is 11.6 Å². The van der Waals surface area contributed by atoms with Gasteiger partial charge in [0.1, 0.15) is 48.8 Å². The normalized spacial score (nSPS) is 52.0. The second-order valence-corrected chi connectivity index (χ2v) is 20.1. The summed E-state index contributed by atoms with van der Waals surface area (Å²) < 4.78 is 24.2. The first-order valence-electron chi connectivity index (χ1n) is 20.9. The predicted molar refractivity (Wildman–Crippen MR) is 201 cm³/mol. The Kier molecular flexibility index (Phi) is 12.5. The summed E-state index contributed by atoms with van der Waals surface area (Å²) in [5, 5.41) is 97.4. The fraction of sp³-hybridized carbons (Fsp3) is 0.952. The summed E-state index contributed by atoms with van der Waals surface area (Å²) in [6, 6.07) is 0. The van der Waals surface area contributed by atoms with E-state index in [4.69, 9.17) is 18.9 Å². The van der Waals surface area contributed by atoms with Crippen molar-refractivity contribution in [2.24, 2.45) is 45.3 Å². The molecule has 13 heteroatoms. The molecule has 0 aromatic carbocycles. The zero-order valence-corrected chi connectivity index (χ0v) is 34.3. The molecule has 6 aliphatic rings. The average molecular weight is 785 g/mol. The van der Waals surface area contributed by atoms with E-state index in [1.165, 1.54) is 0 Å². The van der Waals surface area contributed by atoms with Crippen molar-refractivity contribution in [1.29, 1.82) is 0 Å². The molecule has 2 heterocycles. The molecular formula is C42H72O13. The van der Waals surface area contributed by atoms with E-state index in [1.807, 2.05) is 20.8 Å². The number of aliphatic hydroxyl groups excluding tert-OH is 9. The monoisotopic (exact) mass is 784 g/mol. The van der Waals surface area contributed by atoms with Crippen LogP contribution < -0.4 is 0 Å². The van der Waals surface area contributed by atoms with Crippen molar-refractivity contribution >= 4 is 0 Å². The number of ether oxygens (including phenoxy) is 4. The summed E-state index contributed by atoms with van der Waals surface area (Å²) in [4.78, 5) is 0. The van der Waals surface area contributed by atoms with Gasteiger partial charge in [0.05, 0.1) is 31.0 Å². The van der Waals surface area contributed by atoms with Crippen LogP contribution >= 0.6 is 0 Å². The van der Waals surface area contributed by atoms with Crippen molar-refractivity contribution in [2.75, 3.05) is 13.2 Å². The van der Waals surface area contributed by atoms with E-state index in [-0.39, 0.29) is 45.5 Å². The van der Waals surface area contributed by atoms with Crippen LogP contribution in [0.2, 0.25) is 0 Å². The Morgan fingerprint density at radius 2 is 1.33 bits per heavy atom. The molecule has 0 amide bonds. The molecule has 4 aliphatic carbocycles. The van der Waals surface area contributed by atoms with Gasteiger partial charge in [-0.1, -0.05) is 46.3 Å². The maximum absolute atomic E-state index is 12.4. The van der Waals surface area contributed by atoms with Crippen LogP contribution in [-0.2, 0) is 18.9 Å². The number of allylic oxidation sites excluding steroid dienone is 2. The number of aliphatic hydroxyl groups is 9. The second kappa shape index (κ2) is 15.7. The van der Waals surface area contributed by atoms with Gasteiger partial charge in [-0.05, 0) is 124 Å². The number of hydrogen-bond donors (Lipinski definition) is 9. The molecule has 318 valence electrons. The summed E-state index contributed by atoms with van der Waals surface area (Å²) in [5.74, 6) is 0.389. The topological polar surface area (TPSA) is 219 Å². The molecule has 0 aromatic heterocycles. The number of rotatable bonds is 10. The van der Waals surface area contributed by atoms with Crippen molar-refractivity contribution in [3.8, 4) is 0 Å². The Bertz CT molecular complexity index is 1370. The van der Waals surface area contributed by atoms with Crippen LogP contribution in [0, 0.1) is 45.3 Å². The van der Waals surface area contributed by atoms with E-state index in [9.17, 15) is 46.0 Å². The summed E-state index contributed by atoms with van der Waals surface area (Å²) in [6.45, 7) is 16.7. The minimum absolute atomic E-state index is 0.0181. The zero-order valence-electron chi connectivity index (χ0n) is 34.3. The van der Waals surface area contributed by atoms with Crippen LogP contribution in [0.15, 0.2) is 11.6 Å². The molecule has 13 nitrogen and oxygen atoms in total. The van der Waals surface area contributed by atoms with Gasteiger partial charge in [0.2, 0.25) is 0 Å². The first-order valence-corrected chi connectivity index (χ1v) is 20.9. The summed E-state index contributed by atoms with van der Waals surface area (Å²) in [6.07, 6.45) is -6.62. The van der Waals surface area contributed by atoms with E-state index in [1.54, 1.807) is 0 Å². The van der Waals surface area contributed by atoms with Gasteiger partial charge in [0.25, 0.3) is 0 Å². The summed E-state index contributed by atoms with van der Waals surface area (Å²) in [5.41, 5.74) is -0.301. The molecule has 55 heavy (non-hydrogen) atoms. The predicted octanol–water partition coefficient (Wildman–Crippen LogP) is 2.15. The van der Waals surface area contributed by atoms with Crippen LogP contribution in [0.4, 0.5) is 0 Å². The maximum atomic E-state index is 12.4. The van der Waals surface area contributed by atoms with Crippen molar-refractivity contribution < 1.29 is 64.9 Å². The third-order valence-electron chi connectivity index (χ3n) is 16.7. The molecule has 2 saturated heterocycles. The van der Waals surface area contributed by atoms with Crippen molar-refractivity contribution in [1.82, 2.24) is 0 Å². The van der Waals surface area contributed by atoms with Crippen LogP contribution in [0.1, 0.15) is 113 Å². The largest absolute Gasteiger partial charge is 0.394 e. The number of fused-ring (bicyclic) bond motifs is 5. The first kappa shape index (κ1) is 43.8. The van der Waals surface area contributed by atoms with E-state index >= 15 is 0 Å². The quantitative estimate of drug-likeness (QED) is 0.145. The molecule has 6 fully saturated rings. The molecule has 2 aliphatic heterocycles. The molecule has 0 spiro atoms. The fourth-order valence-electron chi connectivity index (χ4n) is 13.2. The molecule has 4 saturated carbocycles. The highest BCUT2D eigenvalue weighted by Crippen LogP contribution is 2.76. The van der Waals surface area contributed by atoms with Crippen LogP contribution in [0.25, 0.3) is 0 Å². The fourth-order valence-corrected chi connectivity index (χ4v) is 13.2. The Morgan fingerprint density at radius 3 is 1.96 bits per heavy atom. The average Bonchev–Trinajstić information content (AvgIpc) is 3.51. The lowest BCUT2D eigenvalue weighted by molar-refractivity contribution is -0.349. The Balaban J connectivity index is 1.25. The highest BCUT2D eigenvalue weighted by molar-refractivity contribution is 5.20. The van der Waals surface area contributed by atoms with E-state index in [0.717, 1.165) is 44.1 Å². The minimum Gasteiger partial charge on any atom is -0.394 e. The van der Waals surface area contributed by atoms with Crippen molar-refractivity contribution in [2.45, 2.75) is 192 Å². The second-order valence-electron chi connectivity index (χ2n) is 20.1.